The van der Waals surface area contributed by atoms with Crippen LogP contribution in [0, 0.1) is 0 Å². The number of pyridine rings is 1. The molecule has 2 aromatic rings. The Labute approximate surface area is 120 Å². The lowest BCUT2D eigenvalue weighted by Gasteiger charge is -2.08. The van der Waals surface area contributed by atoms with Crippen molar-refractivity contribution in [3.05, 3.63) is 58.9 Å². The third-order valence-corrected chi connectivity index (χ3v) is 2.75. The molecule has 0 aliphatic heterocycles. The van der Waals surface area contributed by atoms with Crippen molar-refractivity contribution in [1.82, 2.24) is 4.98 Å². The van der Waals surface area contributed by atoms with E-state index in [0.29, 0.717) is 11.8 Å². The van der Waals surface area contributed by atoms with Gasteiger partial charge in [0.25, 0.3) is 0 Å². The Morgan fingerprint density at radius 1 is 1.35 bits per heavy atom. The molecule has 0 saturated carbocycles. The van der Waals surface area contributed by atoms with Crippen molar-refractivity contribution in [1.29, 1.82) is 0 Å². The predicted octanol–water partition coefficient (Wildman–Crippen LogP) is 3.30. The lowest BCUT2D eigenvalue weighted by atomic mass is 10.2. The maximum atomic E-state index is 11.6. The van der Waals surface area contributed by atoms with E-state index >= 15 is 0 Å². The summed E-state index contributed by atoms with van der Waals surface area (Å²) in [5, 5.41) is 2.53. The quantitative estimate of drug-likeness (QED) is 0.693. The monoisotopic (exact) mass is 290 g/mol. The summed E-state index contributed by atoms with van der Waals surface area (Å²) in [5.41, 5.74) is 1.41. The van der Waals surface area contributed by atoms with E-state index in [1.54, 1.807) is 0 Å². The third-order valence-electron chi connectivity index (χ3n) is 2.45. The second-order valence-corrected chi connectivity index (χ2v) is 4.27. The fraction of sp³-hybridized carbons (Fsp3) is 0.0714. The maximum absolute atomic E-state index is 11.6. The first-order valence-electron chi connectivity index (χ1n) is 5.77. The Hall–Kier alpha value is -2.40. The van der Waals surface area contributed by atoms with E-state index < -0.39 is 6.09 Å². The zero-order valence-electron chi connectivity index (χ0n) is 10.4. The molecule has 20 heavy (non-hydrogen) atoms. The van der Waals surface area contributed by atoms with Crippen LogP contribution in [0.1, 0.15) is 15.9 Å². The number of amides is 1. The first-order valence-corrected chi connectivity index (χ1v) is 6.15. The van der Waals surface area contributed by atoms with Crippen molar-refractivity contribution < 1.29 is 14.3 Å². The van der Waals surface area contributed by atoms with E-state index in [2.05, 4.69) is 10.3 Å². The van der Waals surface area contributed by atoms with Gasteiger partial charge in [0.1, 0.15) is 6.61 Å². The number of carbonyl (C=O) groups excluding carboxylic acids is 2. The van der Waals surface area contributed by atoms with Crippen LogP contribution in [0.5, 0.6) is 0 Å². The van der Waals surface area contributed by atoms with Gasteiger partial charge in [0.15, 0.2) is 11.4 Å². The van der Waals surface area contributed by atoms with Crippen LogP contribution >= 0.6 is 11.6 Å². The molecule has 0 saturated heterocycles. The molecule has 0 spiro atoms. The maximum Gasteiger partial charge on any atom is 0.412 e. The minimum Gasteiger partial charge on any atom is -0.444 e. The lowest BCUT2D eigenvalue weighted by molar-refractivity contribution is 0.112. The van der Waals surface area contributed by atoms with Gasteiger partial charge >= 0.3 is 6.09 Å². The first-order chi connectivity index (χ1) is 9.69. The molecule has 0 fully saturated rings. The zero-order valence-corrected chi connectivity index (χ0v) is 11.1. The Morgan fingerprint density at radius 3 is 2.80 bits per heavy atom. The fourth-order valence-electron chi connectivity index (χ4n) is 1.49. The summed E-state index contributed by atoms with van der Waals surface area (Å²) in [4.78, 5) is 26.1. The van der Waals surface area contributed by atoms with Gasteiger partial charge in [0.2, 0.25) is 0 Å². The standard InChI is InChI=1S/C14H11ClN2O3/c15-13-12(6-11(8-18)7-16-13)17-14(19)20-9-10-4-2-1-3-5-10/h1-8H,9H2,(H,17,19). The Kier molecular flexibility index (Phi) is 4.68. The van der Waals surface area contributed by atoms with Crippen molar-refractivity contribution in [3.63, 3.8) is 0 Å². The molecule has 0 aliphatic carbocycles. The van der Waals surface area contributed by atoms with E-state index in [1.807, 2.05) is 30.3 Å². The average molecular weight is 291 g/mol. The topological polar surface area (TPSA) is 68.3 Å². The van der Waals surface area contributed by atoms with Crippen LogP contribution in [-0.2, 0) is 11.3 Å². The van der Waals surface area contributed by atoms with Crippen molar-refractivity contribution in [3.8, 4) is 0 Å². The van der Waals surface area contributed by atoms with Gasteiger partial charge in [0, 0.05) is 11.8 Å². The van der Waals surface area contributed by atoms with E-state index in [4.69, 9.17) is 16.3 Å². The zero-order chi connectivity index (χ0) is 14.4. The minimum absolute atomic E-state index is 0.0901. The number of hydrogen-bond acceptors (Lipinski definition) is 4. The molecule has 0 aliphatic rings. The van der Waals surface area contributed by atoms with E-state index in [-0.39, 0.29) is 17.4 Å². The molecule has 1 amide bonds. The van der Waals surface area contributed by atoms with Gasteiger partial charge in [-0.15, -0.1) is 0 Å². The Morgan fingerprint density at radius 2 is 2.10 bits per heavy atom. The number of aromatic nitrogens is 1. The molecule has 6 heteroatoms. The van der Waals surface area contributed by atoms with Crippen molar-refractivity contribution >= 4 is 29.7 Å². The summed E-state index contributed by atoms with van der Waals surface area (Å²) in [6.07, 6.45) is 1.26. The van der Waals surface area contributed by atoms with Crippen molar-refractivity contribution in [2.24, 2.45) is 0 Å². The second kappa shape index (κ2) is 6.68. The first kappa shape index (κ1) is 14.0. The van der Waals surface area contributed by atoms with Gasteiger partial charge in [-0.2, -0.15) is 0 Å². The highest BCUT2D eigenvalue weighted by Gasteiger charge is 2.09. The number of nitrogens with zero attached hydrogens (tertiary/aromatic N) is 1. The molecule has 1 aromatic carbocycles. The summed E-state index contributed by atoms with van der Waals surface area (Å²) < 4.78 is 5.04. The summed E-state index contributed by atoms with van der Waals surface area (Å²) in [5.74, 6) is 0. The number of benzene rings is 1. The number of aldehydes is 1. The van der Waals surface area contributed by atoms with E-state index in [0.717, 1.165) is 5.56 Å². The number of rotatable bonds is 4. The largest absolute Gasteiger partial charge is 0.444 e. The van der Waals surface area contributed by atoms with Gasteiger partial charge in [0.05, 0.1) is 5.69 Å². The predicted molar refractivity (Wildman–Crippen MR) is 74.9 cm³/mol. The van der Waals surface area contributed by atoms with E-state index in [9.17, 15) is 9.59 Å². The van der Waals surface area contributed by atoms with Crippen molar-refractivity contribution in [2.45, 2.75) is 6.61 Å². The molecule has 102 valence electrons. The second-order valence-electron chi connectivity index (χ2n) is 3.91. The highest BCUT2D eigenvalue weighted by molar-refractivity contribution is 6.32. The highest BCUT2D eigenvalue weighted by Crippen LogP contribution is 2.19. The normalized spacial score (nSPS) is 9.85. The molecular weight excluding hydrogens is 280 g/mol. The van der Waals surface area contributed by atoms with Crippen LogP contribution in [-0.4, -0.2) is 17.4 Å². The Balaban J connectivity index is 1.96. The molecule has 1 aromatic heterocycles. The van der Waals surface area contributed by atoms with Crippen molar-refractivity contribution in [2.75, 3.05) is 5.32 Å². The third kappa shape index (κ3) is 3.80. The average Bonchev–Trinajstić information content (AvgIpc) is 2.48. The number of nitrogens with one attached hydrogen (secondary N) is 1. The summed E-state index contributed by atoms with van der Waals surface area (Å²) in [6.45, 7) is 0.144. The molecular formula is C14H11ClN2O3. The lowest BCUT2D eigenvalue weighted by Crippen LogP contribution is -2.14. The number of carbonyl (C=O) groups is 2. The number of ether oxygens (including phenoxy) is 1. The summed E-state index contributed by atoms with van der Waals surface area (Å²) >= 11 is 5.82. The SMILES string of the molecule is O=Cc1cnc(Cl)c(NC(=O)OCc2ccccc2)c1. The smallest absolute Gasteiger partial charge is 0.412 e. The molecule has 0 atom stereocenters. The summed E-state index contributed by atoms with van der Waals surface area (Å²) in [7, 11) is 0. The van der Waals surface area contributed by atoms with Gasteiger partial charge in [-0.05, 0) is 11.6 Å². The fourth-order valence-corrected chi connectivity index (χ4v) is 1.64. The van der Waals surface area contributed by atoms with Crippen LogP contribution in [0.15, 0.2) is 42.6 Å². The number of hydrogen-bond donors (Lipinski definition) is 1. The number of halogens is 1. The van der Waals surface area contributed by atoms with Gasteiger partial charge in [-0.25, -0.2) is 9.78 Å². The molecule has 2 rings (SSSR count). The van der Waals surface area contributed by atoms with E-state index in [1.165, 1.54) is 12.3 Å². The van der Waals surface area contributed by atoms with Crippen LogP contribution in [0.2, 0.25) is 5.15 Å². The highest BCUT2D eigenvalue weighted by atomic mass is 35.5. The van der Waals surface area contributed by atoms with Crippen LogP contribution in [0.4, 0.5) is 10.5 Å². The molecule has 5 nitrogen and oxygen atoms in total. The molecule has 1 N–H and O–H groups in total. The summed E-state index contributed by atoms with van der Waals surface area (Å²) in [6, 6.07) is 10.7. The molecule has 0 bridgehead atoms. The van der Waals surface area contributed by atoms with Gasteiger partial charge in [-0.1, -0.05) is 41.9 Å². The minimum atomic E-state index is -0.666. The van der Waals surface area contributed by atoms with Gasteiger partial charge in [-0.3, -0.25) is 10.1 Å². The molecule has 0 radical (unpaired) electrons. The van der Waals surface area contributed by atoms with Crippen LogP contribution < -0.4 is 5.32 Å². The molecule has 0 unspecified atom stereocenters. The number of anilines is 1. The Bertz CT molecular complexity index is 617. The van der Waals surface area contributed by atoms with Gasteiger partial charge < -0.3 is 4.74 Å². The van der Waals surface area contributed by atoms with Crippen LogP contribution in [0.25, 0.3) is 0 Å². The molecule has 1 heterocycles. The van der Waals surface area contributed by atoms with Crippen LogP contribution in [0.3, 0.4) is 0 Å².